The largest absolute Gasteiger partial charge is 0.507 e. The zero-order valence-electron chi connectivity index (χ0n) is 6.55. The van der Waals surface area contributed by atoms with Gasteiger partial charge in [-0.3, -0.25) is 0 Å². The van der Waals surface area contributed by atoms with E-state index in [1.165, 1.54) is 11.1 Å². The molecule has 0 bridgehead atoms. The third-order valence-electron chi connectivity index (χ3n) is 2.36. The van der Waals surface area contributed by atoms with Gasteiger partial charge in [0.25, 0.3) is 0 Å². The maximum Gasteiger partial charge on any atom is 0.129 e. The van der Waals surface area contributed by atoms with Crippen LogP contribution in [-0.4, -0.2) is 5.11 Å². The summed E-state index contributed by atoms with van der Waals surface area (Å²) >= 11 is 2.18. The Morgan fingerprint density at radius 3 is 3.00 bits per heavy atom. The molecule has 0 amide bonds. The first-order valence-corrected chi connectivity index (χ1v) is 5.04. The average Bonchev–Trinajstić information content (AvgIpc) is 2.41. The number of phenolic OH excluding ortho intramolecular Hbond substituents is 1. The lowest BCUT2D eigenvalue weighted by Crippen LogP contribution is -2.04. The van der Waals surface area contributed by atoms with Gasteiger partial charge in [0.2, 0.25) is 0 Å². The molecule has 1 unspecified atom stereocenters. The van der Waals surface area contributed by atoms with Crippen molar-refractivity contribution in [2.75, 3.05) is 0 Å². The van der Waals surface area contributed by atoms with Crippen LogP contribution in [0.2, 0.25) is 0 Å². The number of hydrogen-bond donors (Lipinski definition) is 2. The van der Waals surface area contributed by atoms with Crippen molar-refractivity contribution in [1.29, 1.82) is 0 Å². The van der Waals surface area contributed by atoms with Crippen molar-refractivity contribution in [2.45, 2.75) is 18.9 Å². The lowest BCUT2D eigenvalue weighted by molar-refractivity contribution is 0.470. The van der Waals surface area contributed by atoms with E-state index in [2.05, 4.69) is 22.6 Å². The van der Waals surface area contributed by atoms with Gasteiger partial charge in [-0.25, -0.2) is 0 Å². The van der Waals surface area contributed by atoms with Crippen molar-refractivity contribution < 1.29 is 5.11 Å². The molecule has 1 atom stereocenters. The summed E-state index contributed by atoms with van der Waals surface area (Å²) in [7, 11) is 0. The van der Waals surface area contributed by atoms with E-state index in [4.69, 9.17) is 5.73 Å². The Morgan fingerprint density at radius 1 is 1.50 bits per heavy atom. The van der Waals surface area contributed by atoms with Gasteiger partial charge in [0.05, 0.1) is 3.57 Å². The number of rotatable bonds is 0. The summed E-state index contributed by atoms with van der Waals surface area (Å²) in [4.78, 5) is 0. The van der Waals surface area contributed by atoms with E-state index < -0.39 is 0 Å². The van der Waals surface area contributed by atoms with Crippen LogP contribution in [-0.2, 0) is 6.42 Å². The van der Waals surface area contributed by atoms with Crippen LogP contribution < -0.4 is 5.73 Å². The fraction of sp³-hybridized carbons (Fsp3) is 0.333. The number of benzene rings is 1. The van der Waals surface area contributed by atoms with E-state index in [0.29, 0.717) is 5.75 Å². The minimum absolute atomic E-state index is 0.175. The first kappa shape index (κ1) is 8.31. The van der Waals surface area contributed by atoms with Crippen LogP contribution >= 0.6 is 22.6 Å². The SMILES string of the molecule is NC1CCc2c1ccc(O)c2I. The Hall–Kier alpha value is -0.290. The van der Waals surface area contributed by atoms with Crippen molar-refractivity contribution in [2.24, 2.45) is 5.73 Å². The predicted octanol–water partition coefficient (Wildman–Crippen LogP) is 1.94. The highest BCUT2D eigenvalue weighted by Crippen LogP contribution is 2.36. The number of nitrogens with two attached hydrogens (primary N) is 1. The second kappa shape index (κ2) is 2.88. The minimum atomic E-state index is 0.175. The van der Waals surface area contributed by atoms with Crippen LogP contribution in [0.15, 0.2) is 12.1 Å². The van der Waals surface area contributed by atoms with Crippen LogP contribution in [0.25, 0.3) is 0 Å². The highest BCUT2D eigenvalue weighted by atomic mass is 127. The molecule has 3 N–H and O–H groups in total. The Bertz CT molecular complexity index is 325. The van der Waals surface area contributed by atoms with Gasteiger partial charge < -0.3 is 10.8 Å². The molecule has 1 aromatic rings. The van der Waals surface area contributed by atoms with Crippen LogP contribution in [0.5, 0.6) is 5.75 Å². The molecule has 0 saturated carbocycles. The maximum absolute atomic E-state index is 9.42. The van der Waals surface area contributed by atoms with E-state index in [9.17, 15) is 5.11 Å². The Balaban J connectivity index is 2.60. The molecule has 3 heteroatoms. The average molecular weight is 275 g/mol. The summed E-state index contributed by atoms with van der Waals surface area (Å²) in [6.45, 7) is 0. The number of phenols is 1. The zero-order chi connectivity index (χ0) is 8.72. The molecular weight excluding hydrogens is 265 g/mol. The third-order valence-corrected chi connectivity index (χ3v) is 3.57. The standard InChI is InChI=1S/C9H10INO/c10-9-6-1-3-7(11)5(6)2-4-8(9)12/h2,4,7,12H,1,3,11H2. The summed E-state index contributed by atoms with van der Waals surface area (Å²) < 4.78 is 0.970. The van der Waals surface area contributed by atoms with Crippen molar-refractivity contribution in [3.05, 3.63) is 26.8 Å². The predicted molar refractivity (Wildman–Crippen MR) is 56.1 cm³/mol. The van der Waals surface area contributed by atoms with Gasteiger partial charge in [-0.1, -0.05) is 6.07 Å². The van der Waals surface area contributed by atoms with Gasteiger partial charge in [-0.05, 0) is 52.6 Å². The molecule has 1 aliphatic rings. The van der Waals surface area contributed by atoms with E-state index in [1.807, 2.05) is 6.07 Å². The van der Waals surface area contributed by atoms with E-state index in [1.54, 1.807) is 6.07 Å². The fourth-order valence-electron chi connectivity index (χ4n) is 1.68. The molecule has 1 aliphatic carbocycles. The summed E-state index contributed by atoms with van der Waals surface area (Å²) in [6, 6.07) is 3.84. The minimum Gasteiger partial charge on any atom is -0.507 e. The van der Waals surface area contributed by atoms with Gasteiger partial charge in [0, 0.05) is 6.04 Å². The van der Waals surface area contributed by atoms with Gasteiger partial charge in [0.1, 0.15) is 5.75 Å². The van der Waals surface area contributed by atoms with Crippen LogP contribution in [0, 0.1) is 3.57 Å². The first-order valence-electron chi connectivity index (χ1n) is 3.96. The van der Waals surface area contributed by atoms with E-state index >= 15 is 0 Å². The number of fused-ring (bicyclic) bond motifs is 1. The van der Waals surface area contributed by atoms with Gasteiger partial charge in [-0.2, -0.15) is 0 Å². The Morgan fingerprint density at radius 2 is 2.25 bits per heavy atom. The lowest BCUT2D eigenvalue weighted by Gasteiger charge is -2.06. The van der Waals surface area contributed by atoms with Crippen LogP contribution in [0.1, 0.15) is 23.6 Å². The van der Waals surface area contributed by atoms with Crippen LogP contribution in [0.4, 0.5) is 0 Å². The van der Waals surface area contributed by atoms with Crippen molar-refractivity contribution in [3.63, 3.8) is 0 Å². The molecule has 0 saturated heterocycles. The molecule has 0 aromatic heterocycles. The molecule has 0 radical (unpaired) electrons. The smallest absolute Gasteiger partial charge is 0.129 e. The molecule has 1 aromatic carbocycles. The number of aromatic hydroxyl groups is 1. The molecule has 64 valence electrons. The lowest BCUT2D eigenvalue weighted by atomic mass is 10.1. The molecule has 0 aliphatic heterocycles. The number of hydrogen-bond acceptors (Lipinski definition) is 2. The normalized spacial score (nSPS) is 21.0. The van der Waals surface area contributed by atoms with Crippen molar-refractivity contribution in [3.8, 4) is 5.75 Å². The second-order valence-electron chi connectivity index (χ2n) is 3.11. The highest BCUT2D eigenvalue weighted by molar-refractivity contribution is 14.1. The van der Waals surface area contributed by atoms with Gasteiger partial charge in [-0.15, -0.1) is 0 Å². The molecule has 0 heterocycles. The Labute approximate surface area is 84.9 Å². The highest BCUT2D eigenvalue weighted by Gasteiger charge is 2.22. The summed E-state index contributed by atoms with van der Waals surface area (Å²) in [6.07, 6.45) is 2.01. The third kappa shape index (κ3) is 1.11. The van der Waals surface area contributed by atoms with E-state index in [-0.39, 0.29) is 6.04 Å². The molecular formula is C9H10INO. The topological polar surface area (TPSA) is 46.2 Å². The number of halogens is 1. The zero-order valence-corrected chi connectivity index (χ0v) is 8.71. The van der Waals surface area contributed by atoms with Gasteiger partial charge in [0.15, 0.2) is 0 Å². The first-order chi connectivity index (χ1) is 5.70. The van der Waals surface area contributed by atoms with Gasteiger partial charge >= 0.3 is 0 Å². The van der Waals surface area contributed by atoms with Crippen molar-refractivity contribution in [1.82, 2.24) is 0 Å². The summed E-state index contributed by atoms with van der Waals surface area (Å²) in [5.41, 5.74) is 8.33. The molecule has 2 rings (SSSR count). The molecule has 12 heavy (non-hydrogen) atoms. The molecule has 0 fully saturated rings. The fourth-order valence-corrected chi connectivity index (χ4v) is 2.44. The van der Waals surface area contributed by atoms with E-state index in [0.717, 1.165) is 16.4 Å². The summed E-state index contributed by atoms with van der Waals surface area (Å²) in [5.74, 6) is 0.378. The maximum atomic E-state index is 9.42. The monoisotopic (exact) mass is 275 g/mol. The van der Waals surface area contributed by atoms with Crippen molar-refractivity contribution >= 4 is 22.6 Å². The second-order valence-corrected chi connectivity index (χ2v) is 4.19. The molecule has 2 nitrogen and oxygen atoms in total. The Kier molecular flexibility index (Phi) is 2.00. The van der Waals surface area contributed by atoms with Crippen LogP contribution in [0.3, 0.4) is 0 Å². The quantitative estimate of drug-likeness (QED) is 0.711. The summed E-state index contributed by atoms with van der Waals surface area (Å²) in [5, 5.41) is 9.42. The molecule has 0 spiro atoms.